The number of hydrogen-bond donors (Lipinski definition) is 1. The first-order valence-electron chi connectivity index (χ1n) is 12.8. The Morgan fingerprint density at radius 1 is 0.974 bits per heavy atom. The van der Waals surface area contributed by atoms with Crippen molar-refractivity contribution in [2.45, 2.75) is 38.8 Å². The van der Waals surface area contributed by atoms with Gasteiger partial charge in [-0.2, -0.15) is 13.2 Å². The van der Waals surface area contributed by atoms with Crippen molar-refractivity contribution in [2.24, 2.45) is 11.8 Å². The largest absolute Gasteiger partial charge is 0.497 e. The number of alkyl halides is 3. The number of carbonyl (C=O) groups excluding carboxylic acids is 1. The maximum atomic E-state index is 13.5. The van der Waals surface area contributed by atoms with E-state index in [2.05, 4.69) is 20.2 Å². The minimum Gasteiger partial charge on any atom is -0.497 e. The van der Waals surface area contributed by atoms with Gasteiger partial charge in [0.2, 0.25) is 0 Å². The van der Waals surface area contributed by atoms with Gasteiger partial charge in [0.15, 0.2) is 0 Å². The number of amides is 1. The Morgan fingerprint density at radius 2 is 1.61 bits per heavy atom. The SMILES string of the molecule is COc1cc(OC)cc(C(=O)NCC2CC2CN2CCN(c3cc(C(F)(F)F)nc(C(C)(C)C)n3)CC2)c1. The highest BCUT2D eigenvalue weighted by atomic mass is 19.4. The topological polar surface area (TPSA) is 79.8 Å². The Bertz CT molecular complexity index is 1090. The zero-order chi connectivity index (χ0) is 27.7. The van der Waals surface area contributed by atoms with Crippen LogP contribution in [0.2, 0.25) is 0 Å². The number of ether oxygens (including phenoxy) is 2. The summed E-state index contributed by atoms with van der Waals surface area (Å²) in [6.07, 6.45) is -3.48. The summed E-state index contributed by atoms with van der Waals surface area (Å²) >= 11 is 0. The van der Waals surface area contributed by atoms with E-state index in [0.29, 0.717) is 54.4 Å². The zero-order valence-corrected chi connectivity index (χ0v) is 22.6. The van der Waals surface area contributed by atoms with Crippen molar-refractivity contribution in [2.75, 3.05) is 58.4 Å². The molecule has 1 aromatic carbocycles. The van der Waals surface area contributed by atoms with Crippen LogP contribution in [0.1, 0.15) is 49.1 Å². The van der Waals surface area contributed by atoms with Crippen LogP contribution in [0.3, 0.4) is 0 Å². The lowest BCUT2D eigenvalue weighted by atomic mass is 9.95. The summed E-state index contributed by atoms with van der Waals surface area (Å²) < 4.78 is 50.9. The highest BCUT2D eigenvalue weighted by Crippen LogP contribution is 2.39. The van der Waals surface area contributed by atoms with Gasteiger partial charge in [0, 0.05) is 62.4 Å². The van der Waals surface area contributed by atoms with E-state index in [-0.39, 0.29) is 11.7 Å². The molecule has 11 heteroatoms. The molecule has 4 rings (SSSR count). The first kappa shape index (κ1) is 27.9. The molecule has 1 aliphatic carbocycles. The van der Waals surface area contributed by atoms with Crippen molar-refractivity contribution >= 4 is 11.7 Å². The van der Waals surface area contributed by atoms with Gasteiger partial charge < -0.3 is 19.7 Å². The molecule has 0 bridgehead atoms. The van der Waals surface area contributed by atoms with Crippen LogP contribution in [0.15, 0.2) is 24.3 Å². The molecule has 2 unspecified atom stereocenters. The predicted molar refractivity (Wildman–Crippen MR) is 138 cm³/mol. The molecule has 1 saturated carbocycles. The molecular formula is C27H36F3N5O3. The van der Waals surface area contributed by atoms with Crippen molar-refractivity contribution in [1.82, 2.24) is 20.2 Å². The minimum absolute atomic E-state index is 0.167. The van der Waals surface area contributed by atoms with Gasteiger partial charge in [-0.25, -0.2) is 9.97 Å². The molecule has 2 atom stereocenters. The lowest BCUT2D eigenvalue weighted by Crippen LogP contribution is -2.47. The van der Waals surface area contributed by atoms with Crippen molar-refractivity contribution in [1.29, 1.82) is 0 Å². The first-order chi connectivity index (χ1) is 17.9. The van der Waals surface area contributed by atoms with Gasteiger partial charge in [0.1, 0.15) is 28.8 Å². The standard InChI is InChI=1S/C27H36F3N5O3/c1-26(2,3)25-32-22(27(28,29)30)14-23(33-25)35-8-6-34(7-9-35)16-19-10-18(19)15-31-24(36)17-11-20(37-4)13-21(12-17)38-5/h11-14,18-19H,6-10,15-16H2,1-5H3,(H,31,36). The number of methoxy groups -OCH3 is 2. The smallest absolute Gasteiger partial charge is 0.433 e. The third-order valence-corrected chi connectivity index (χ3v) is 7.07. The molecule has 1 N–H and O–H groups in total. The molecule has 0 radical (unpaired) electrons. The van der Waals surface area contributed by atoms with Gasteiger partial charge in [-0.05, 0) is 30.4 Å². The average molecular weight is 536 g/mol. The van der Waals surface area contributed by atoms with Crippen LogP contribution < -0.4 is 19.7 Å². The quantitative estimate of drug-likeness (QED) is 0.548. The zero-order valence-electron chi connectivity index (χ0n) is 22.6. The van der Waals surface area contributed by atoms with E-state index in [1.165, 1.54) is 0 Å². The highest BCUT2D eigenvalue weighted by Gasteiger charge is 2.39. The van der Waals surface area contributed by atoms with Crippen LogP contribution in [-0.4, -0.2) is 74.3 Å². The van der Waals surface area contributed by atoms with Gasteiger partial charge in [0.05, 0.1) is 14.2 Å². The monoisotopic (exact) mass is 535 g/mol. The van der Waals surface area contributed by atoms with Gasteiger partial charge in [0.25, 0.3) is 5.91 Å². The fourth-order valence-electron chi connectivity index (χ4n) is 4.62. The van der Waals surface area contributed by atoms with E-state index in [9.17, 15) is 18.0 Å². The third kappa shape index (κ3) is 6.86. The molecular weight excluding hydrogens is 499 g/mol. The summed E-state index contributed by atoms with van der Waals surface area (Å²) in [6, 6.07) is 6.14. The molecule has 0 spiro atoms. The van der Waals surface area contributed by atoms with Crippen molar-refractivity contribution in [3.05, 3.63) is 41.3 Å². The second-order valence-electron chi connectivity index (χ2n) is 11.0. The van der Waals surface area contributed by atoms with Gasteiger partial charge >= 0.3 is 6.18 Å². The van der Waals surface area contributed by atoms with Crippen LogP contribution in [0.25, 0.3) is 0 Å². The summed E-state index contributed by atoms with van der Waals surface area (Å²) in [5, 5.41) is 3.01. The molecule has 2 fully saturated rings. The Balaban J connectivity index is 1.27. The molecule has 1 aliphatic heterocycles. The fourth-order valence-corrected chi connectivity index (χ4v) is 4.62. The minimum atomic E-state index is -4.52. The Labute approximate surface area is 221 Å². The fraction of sp³-hybridized carbons (Fsp3) is 0.593. The summed E-state index contributed by atoms with van der Waals surface area (Å²) in [7, 11) is 3.09. The lowest BCUT2D eigenvalue weighted by Gasteiger charge is -2.36. The third-order valence-electron chi connectivity index (χ3n) is 7.07. The molecule has 1 amide bonds. The number of nitrogens with zero attached hydrogens (tertiary/aromatic N) is 4. The Morgan fingerprint density at radius 3 is 2.16 bits per heavy atom. The van der Waals surface area contributed by atoms with Crippen molar-refractivity contribution in [3.63, 3.8) is 0 Å². The second-order valence-corrected chi connectivity index (χ2v) is 11.0. The lowest BCUT2D eigenvalue weighted by molar-refractivity contribution is -0.141. The molecule has 2 aromatic rings. The molecule has 1 aromatic heterocycles. The predicted octanol–water partition coefficient (Wildman–Crippen LogP) is 4.00. The number of carbonyl (C=O) groups is 1. The number of nitrogens with one attached hydrogen (secondary N) is 1. The second kappa shape index (κ2) is 11.0. The summed E-state index contributed by atoms with van der Waals surface area (Å²) in [5.74, 6) is 2.38. The van der Waals surface area contributed by atoms with Gasteiger partial charge in [-0.1, -0.05) is 20.8 Å². The number of benzene rings is 1. The van der Waals surface area contributed by atoms with E-state index in [0.717, 1.165) is 32.1 Å². The number of halogens is 3. The maximum absolute atomic E-state index is 13.5. The van der Waals surface area contributed by atoms with Gasteiger partial charge in [-0.15, -0.1) is 0 Å². The number of rotatable bonds is 8. The summed E-state index contributed by atoms with van der Waals surface area (Å²) in [5.41, 5.74) is -1.000. The van der Waals surface area contributed by atoms with Gasteiger partial charge in [-0.3, -0.25) is 9.69 Å². The summed E-state index contributed by atoms with van der Waals surface area (Å²) in [4.78, 5) is 25.2. The van der Waals surface area contributed by atoms with Crippen LogP contribution in [0, 0.1) is 11.8 Å². The normalized spacial score (nSPS) is 20.3. The van der Waals surface area contributed by atoms with Crippen LogP contribution in [-0.2, 0) is 11.6 Å². The number of aromatic nitrogens is 2. The Hall–Kier alpha value is -3.08. The van der Waals surface area contributed by atoms with E-state index in [4.69, 9.17) is 9.47 Å². The van der Waals surface area contributed by atoms with Crippen molar-refractivity contribution in [3.8, 4) is 11.5 Å². The van der Waals surface area contributed by atoms with E-state index in [1.54, 1.807) is 32.4 Å². The maximum Gasteiger partial charge on any atom is 0.433 e. The Kier molecular flexibility index (Phi) is 8.06. The van der Waals surface area contributed by atoms with E-state index >= 15 is 0 Å². The number of anilines is 1. The van der Waals surface area contributed by atoms with Crippen LogP contribution in [0.5, 0.6) is 11.5 Å². The molecule has 208 valence electrons. The summed E-state index contributed by atoms with van der Waals surface area (Å²) in [6.45, 7) is 9.63. The molecule has 8 nitrogen and oxygen atoms in total. The van der Waals surface area contributed by atoms with E-state index in [1.807, 2.05) is 25.7 Å². The molecule has 2 heterocycles. The molecule has 1 saturated heterocycles. The molecule has 2 aliphatic rings. The number of hydrogen-bond acceptors (Lipinski definition) is 7. The number of piperazine rings is 1. The van der Waals surface area contributed by atoms with Crippen molar-refractivity contribution < 1.29 is 27.4 Å². The molecule has 38 heavy (non-hydrogen) atoms. The highest BCUT2D eigenvalue weighted by molar-refractivity contribution is 5.95. The first-order valence-corrected chi connectivity index (χ1v) is 12.8. The van der Waals surface area contributed by atoms with Crippen LogP contribution >= 0.6 is 0 Å². The van der Waals surface area contributed by atoms with E-state index < -0.39 is 17.3 Å². The average Bonchev–Trinajstić information content (AvgIpc) is 3.63. The van der Waals surface area contributed by atoms with Crippen LogP contribution in [0.4, 0.5) is 19.0 Å².